The van der Waals surface area contributed by atoms with Crippen molar-refractivity contribution in [3.05, 3.63) is 35.7 Å². The van der Waals surface area contributed by atoms with E-state index in [-0.39, 0.29) is 0 Å². The molecule has 0 amide bonds. The maximum Gasteiger partial charge on any atom is 0.172 e. The first-order chi connectivity index (χ1) is 9.15. The Hall–Kier alpha value is -1.62. The van der Waals surface area contributed by atoms with Gasteiger partial charge in [0.15, 0.2) is 6.29 Å². The van der Waals surface area contributed by atoms with E-state index >= 15 is 0 Å². The fraction of sp³-hybridized carbons (Fsp3) is 0.357. The van der Waals surface area contributed by atoms with Crippen molar-refractivity contribution in [1.29, 1.82) is 0 Å². The molecule has 0 saturated heterocycles. The van der Waals surface area contributed by atoms with Crippen molar-refractivity contribution in [3.8, 4) is 5.69 Å². The summed E-state index contributed by atoms with van der Waals surface area (Å²) in [7, 11) is 0. The fourth-order valence-electron chi connectivity index (χ4n) is 1.93. The van der Waals surface area contributed by atoms with Crippen molar-refractivity contribution in [2.45, 2.75) is 25.2 Å². The van der Waals surface area contributed by atoms with Crippen molar-refractivity contribution < 1.29 is 4.79 Å². The number of hydrogen-bond donors (Lipinski definition) is 0. The highest BCUT2D eigenvalue weighted by atomic mass is 32.2. The molecular weight excluding hydrogens is 258 g/mol. The minimum atomic E-state index is 0.434. The second-order valence-electron chi connectivity index (χ2n) is 4.75. The summed E-state index contributed by atoms with van der Waals surface area (Å²) in [4.78, 5) is 12.2. The zero-order chi connectivity index (χ0) is 13.8. The molecule has 1 aromatic heterocycles. The van der Waals surface area contributed by atoms with Crippen molar-refractivity contribution in [2.75, 3.05) is 6.26 Å². The van der Waals surface area contributed by atoms with Crippen LogP contribution in [0.25, 0.3) is 5.69 Å². The largest absolute Gasteiger partial charge is 0.296 e. The average Bonchev–Trinajstić information content (AvgIpc) is 2.81. The third kappa shape index (κ3) is 3.04. The normalized spacial score (nSPS) is 10.9. The van der Waals surface area contributed by atoms with Gasteiger partial charge in [-0.05, 0) is 36.8 Å². The molecule has 0 fully saturated rings. The molecule has 0 radical (unpaired) electrons. The molecule has 0 aliphatic rings. The van der Waals surface area contributed by atoms with Gasteiger partial charge in [-0.2, -0.15) is 0 Å². The van der Waals surface area contributed by atoms with E-state index in [9.17, 15) is 4.79 Å². The van der Waals surface area contributed by atoms with Gasteiger partial charge in [-0.15, -0.1) is 16.9 Å². The molecule has 0 aliphatic carbocycles. The van der Waals surface area contributed by atoms with E-state index < -0.39 is 0 Å². The predicted molar refractivity (Wildman–Crippen MR) is 77.1 cm³/mol. The van der Waals surface area contributed by atoms with E-state index in [0.717, 1.165) is 29.0 Å². The van der Waals surface area contributed by atoms with Gasteiger partial charge < -0.3 is 0 Å². The number of carbonyl (C=O) groups excluding carboxylic acids is 1. The van der Waals surface area contributed by atoms with Gasteiger partial charge in [-0.1, -0.05) is 25.1 Å². The first-order valence-electron chi connectivity index (χ1n) is 6.20. The molecule has 0 saturated carbocycles. The summed E-state index contributed by atoms with van der Waals surface area (Å²) in [5.41, 5.74) is 2.26. The van der Waals surface area contributed by atoms with Crippen LogP contribution in [0.15, 0.2) is 29.2 Å². The molecule has 0 atom stereocenters. The molecule has 0 aliphatic heterocycles. The minimum Gasteiger partial charge on any atom is -0.296 e. The van der Waals surface area contributed by atoms with E-state index in [4.69, 9.17) is 0 Å². The van der Waals surface area contributed by atoms with Crippen molar-refractivity contribution in [3.63, 3.8) is 0 Å². The molecular formula is C14H17N3OS. The van der Waals surface area contributed by atoms with Crippen LogP contribution in [0.4, 0.5) is 0 Å². The molecule has 0 spiro atoms. The Labute approximate surface area is 117 Å². The van der Waals surface area contributed by atoms with Gasteiger partial charge >= 0.3 is 0 Å². The number of aromatic nitrogens is 3. The van der Waals surface area contributed by atoms with Crippen LogP contribution in [-0.4, -0.2) is 27.5 Å². The van der Waals surface area contributed by atoms with E-state index in [0.29, 0.717) is 11.6 Å². The smallest absolute Gasteiger partial charge is 0.172 e. The maximum absolute atomic E-state index is 11.1. The second kappa shape index (κ2) is 6.02. The summed E-state index contributed by atoms with van der Waals surface area (Å²) in [5, 5.41) is 8.07. The van der Waals surface area contributed by atoms with Gasteiger partial charge in [-0.25, -0.2) is 4.68 Å². The lowest BCUT2D eigenvalue weighted by atomic mass is 10.1. The van der Waals surface area contributed by atoms with Crippen LogP contribution in [-0.2, 0) is 6.42 Å². The van der Waals surface area contributed by atoms with Gasteiger partial charge in [0.2, 0.25) is 0 Å². The molecule has 0 N–H and O–H groups in total. The van der Waals surface area contributed by atoms with Crippen molar-refractivity contribution in [1.82, 2.24) is 15.0 Å². The lowest BCUT2D eigenvalue weighted by Crippen LogP contribution is -2.07. The van der Waals surface area contributed by atoms with E-state index in [2.05, 4.69) is 30.2 Å². The topological polar surface area (TPSA) is 47.8 Å². The van der Waals surface area contributed by atoms with Crippen LogP contribution in [0, 0.1) is 5.92 Å². The van der Waals surface area contributed by atoms with Crippen LogP contribution >= 0.6 is 11.8 Å². The van der Waals surface area contributed by atoms with Crippen molar-refractivity contribution >= 4 is 18.0 Å². The standard InChI is InChI=1S/C14H17N3OS/c1-10(2)7-14-13(9-18)15-16-17(14)11-5-4-6-12(8-11)19-3/h4-6,8-10H,7H2,1-3H3. The van der Waals surface area contributed by atoms with Gasteiger partial charge in [0.05, 0.1) is 11.4 Å². The van der Waals surface area contributed by atoms with Crippen LogP contribution in [0.3, 0.4) is 0 Å². The van der Waals surface area contributed by atoms with Gasteiger partial charge in [0.25, 0.3) is 0 Å². The molecule has 2 aromatic rings. The SMILES string of the molecule is CSc1cccc(-n2nnc(C=O)c2CC(C)C)c1. The summed E-state index contributed by atoms with van der Waals surface area (Å²) in [6, 6.07) is 8.07. The van der Waals surface area contributed by atoms with E-state index in [1.54, 1.807) is 16.4 Å². The highest BCUT2D eigenvalue weighted by Gasteiger charge is 2.15. The molecule has 0 bridgehead atoms. The minimum absolute atomic E-state index is 0.434. The Morgan fingerprint density at radius 1 is 1.42 bits per heavy atom. The van der Waals surface area contributed by atoms with Crippen LogP contribution in [0.1, 0.15) is 30.0 Å². The number of nitrogens with zero attached hydrogens (tertiary/aromatic N) is 3. The summed E-state index contributed by atoms with van der Waals surface area (Å²) >= 11 is 1.68. The predicted octanol–water partition coefficient (Wildman–Crippen LogP) is 3.00. The monoisotopic (exact) mass is 275 g/mol. The quantitative estimate of drug-likeness (QED) is 0.621. The van der Waals surface area contributed by atoms with Crippen LogP contribution in [0.2, 0.25) is 0 Å². The Bertz CT molecular complexity index is 578. The number of hydrogen-bond acceptors (Lipinski definition) is 4. The first kappa shape index (κ1) is 13.8. The molecule has 100 valence electrons. The third-order valence-corrected chi connectivity index (χ3v) is 3.53. The van der Waals surface area contributed by atoms with E-state index in [1.807, 2.05) is 24.5 Å². The molecule has 5 heteroatoms. The number of benzene rings is 1. The molecule has 1 heterocycles. The third-order valence-electron chi connectivity index (χ3n) is 2.80. The maximum atomic E-state index is 11.1. The molecule has 2 rings (SSSR count). The number of aldehydes is 1. The van der Waals surface area contributed by atoms with Crippen LogP contribution < -0.4 is 0 Å². The average molecular weight is 275 g/mol. The Morgan fingerprint density at radius 3 is 2.84 bits per heavy atom. The van der Waals surface area contributed by atoms with Crippen LogP contribution in [0.5, 0.6) is 0 Å². The lowest BCUT2D eigenvalue weighted by Gasteiger charge is -2.09. The van der Waals surface area contributed by atoms with Crippen molar-refractivity contribution in [2.24, 2.45) is 5.92 Å². The Kier molecular flexibility index (Phi) is 4.37. The van der Waals surface area contributed by atoms with Gasteiger partial charge in [0.1, 0.15) is 5.69 Å². The number of rotatable bonds is 5. The lowest BCUT2D eigenvalue weighted by molar-refractivity contribution is 0.111. The van der Waals surface area contributed by atoms with Gasteiger partial charge in [-0.3, -0.25) is 4.79 Å². The molecule has 1 aromatic carbocycles. The second-order valence-corrected chi connectivity index (χ2v) is 5.63. The molecule has 4 nitrogen and oxygen atoms in total. The highest BCUT2D eigenvalue weighted by molar-refractivity contribution is 7.98. The zero-order valence-corrected chi connectivity index (χ0v) is 12.1. The summed E-state index contributed by atoms with van der Waals surface area (Å²) < 4.78 is 1.77. The Morgan fingerprint density at radius 2 is 2.21 bits per heavy atom. The Balaban J connectivity index is 2.48. The van der Waals surface area contributed by atoms with Gasteiger partial charge in [0, 0.05) is 4.90 Å². The first-order valence-corrected chi connectivity index (χ1v) is 7.42. The number of carbonyl (C=O) groups is 1. The summed E-state index contributed by atoms with van der Waals surface area (Å²) in [6.07, 6.45) is 3.59. The zero-order valence-electron chi connectivity index (χ0n) is 11.3. The summed E-state index contributed by atoms with van der Waals surface area (Å²) in [6.45, 7) is 4.23. The summed E-state index contributed by atoms with van der Waals surface area (Å²) in [5.74, 6) is 0.444. The fourth-order valence-corrected chi connectivity index (χ4v) is 2.39. The molecule has 19 heavy (non-hydrogen) atoms. The molecule has 0 unspecified atom stereocenters. The number of thioether (sulfide) groups is 1. The highest BCUT2D eigenvalue weighted by Crippen LogP contribution is 2.21. The van der Waals surface area contributed by atoms with E-state index in [1.165, 1.54) is 0 Å².